The predicted molar refractivity (Wildman–Crippen MR) is 64.7 cm³/mol. The zero-order chi connectivity index (χ0) is 13.2. The fourth-order valence-electron chi connectivity index (χ4n) is 1.69. The third kappa shape index (κ3) is 2.80. The minimum Gasteiger partial charge on any atom is -0.422 e. The molecule has 0 atom stereocenters. The van der Waals surface area contributed by atoms with Gasteiger partial charge in [0, 0.05) is 26.1 Å². The van der Waals surface area contributed by atoms with Crippen LogP contribution in [0.5, 0.6) is 0 Å². The summed E-state index contributed by atoms with van der Waals surface area (Å²) in [7, 11) is 0. The molecule has 0 amide bonds. The van der Waals surface area contributed by atoms with E-state index >= 15 is 0 Å². The maximum absolute atomic E-state index is 11.7. The number of anilines is 1. The lowest BCUT2D eigenvalue weighted by Crippen LogP contribution is -2.48. The van der Waals surface area contributed by atoms with E-state index in [9.17, 15) is 9.59 Å². The van der Waals surface area contributed by atoms with Gasteiger partial charge in [-0.3, -0.25) is 9.59 Å². The standard InChI is InChI=1S/C13H15NO4/c1-13(2)17-11(15)10(12(16)18-13)8-14-9-6-4-3-5-7-9/h3-7,10,14H,8H2,1-2H3. The second-order valence-electron chi connectivity index (χ2n) is 4.54. The van der Waals surface area contributed by atoms with Crippen molar-refractivity contribution < 1.29 is 19.1 Å². The summed E-state index contributed by atoms with van der Waals surface area (Å²) in [5.41, 5.74) is 0.836. The first-order chi connectivity index (χ1) is 8.48. The molecular formula is C13H15NO4. The molecule has 0 radical (unpaired) electrons. The molecule has 96 valence electrons. The number of benzene rings is 1. The molecule has 5 heteroatoms. The van der Waals surface area contributed by atoms with Crippen molar-refractivity contribution >= 4 is 17.6 Å². The summed E-state index contributed by atoms with van der Waals surface area (Å²) in [6.45, 7) is 3.23. The number of cyclic esters (lactones) is 2. The summed E-state index contributed by atoms with van der Waals surface area (Å²) < 4.78 is 10.0. The molecule has 5 nitrogen and oxygen atoms in total. The van der Waals surface area contributed by atoms with E-state index in [0.29, 0.717) is 0 Å². The molecule has 1 aliphatic rings. The van der Waals surface area contributed by atoms with Gasteiger partial charge in [0.2, 0.25) is 0 Å². The largest absolute Gasteiger partial charge is 0.422 e. The molecule has 1 aromatic rings. The van der Waals surface area contributed by atoms with Crippen molar-refractivity contribution in [3.05, 3.63) is 30.3 Å². The van der Waals surface area contributed by atoms with Crippen molar-refractivity contribution in [2.45, 2.75) is 19.6 Å². The number of carbonyl (C=O) groups excluding carboxylic acids is 2. The Morgan fingerprint density at radius 2 is 1.67 bits per heavy atom. The van der Waals surface area contributed by atoms with Gasteiger partial charge in [-0.2, -0.15) is 0 Å². The summed E-state index contributed by atoms with van der Waals surface area (Å²) in [5, 5.41) is 3.00. The highest BCUT2D eigenvalue weighted by Gasteiger charge is 2.42. The Bertz CT molecular complexity index is 435. The third-order valence-corrected chi connectivity index (χ3v) is 2.55. The number of ether oxygens (including phenoxy) is 2. The SMILES string of the molecule is CC1(C)OC(=O)C(CNc2ccccc2)C(=O)O1. The van der Waals surface area contributed by atoms with E-state index < -0.39 is 23.6 Å². The van der Waals surface area contributed by atoms with Gasteiger partial charge in [0.05, 0.1) is 0 Å². The summed E-state index contributed by atoms with van der Waals surface area (Å²) in [4.78, 5) is 23.4. The van der Waals surface area contributed by atoms with Gasteiger partial charge in [-0.05, 0) is 12.1 Å². The van der Waals surface area contributed by atoms with Crippen LogP contribution in [0, 0.1) is 5.92 Å². The van der Waals surface area contributed by atoms with Crippen LogP contribution in [0.2, 0.25) is 0 Å². The van der Waals surface area contributed by atoms with Gasteiger partial charge in [0.25, 0.3) is 5.79 Å². The van der Waals surface area contributed by atoms with E-state index in [0.717, 1.165) is 5.69 Å². The Kier molecular flexibility index (Phi) is 3.23. The second kappa shape index (κ2) is 4.68. The highest BCUT2D eigenvalue weighted by molar-refractivity contribution is 5.97. The molecule has 1 saturated heterocycles. The average Bonchev–Trinajstić information content (AvgIpc) is 2.27. The first-order valence-electron chi connectivity index (χ1n) is 5.72. The Balaban J connectivity index is 1.98. The van der Waals surface area contributed by atoms with Crippen molar-refractivity contribution in [2.24, 2.45) is 5.92 Å². The molecule has 18 heavy (non-hydrogen) atoms. The van der Waals surface area contributed by atoms with Gasteiger partial charge >= 0.3 is 11.9 Å². The van der Waals surface area contributed by atoms with Crippen LogP contribution in [0.1, 0.15) is 13.8 Å². The van der Waals surface area contributed by atoms with Crippen molar-refractivity contribution in [3.8, 4) is 0 Å². The van der Waals surface area contributed by atoms with E-state index in [1.165, 1.54) is 13.8 Å². The van der Waals surface area contributed by atoms with Crippen LogP contribution in [-0.4, -0.2) is 24.3 Å². The molecule has 0 bridgehead atoms. The lowest BCUT2D eigenvalue weighted by atomic mass is 10.1. The monoisotopic (exact) mass is 249 g/mol. The van der Waals surface area contributed by atoms with Crippen LogP contribution in [-0.2, 0) is 19.1 Å². The molecule has 0 aliphatic carbocycles. The topological polar surface area (TPSA) is 64.6 Å². The number of carbonyl (C=O) groups is 2. The molecular weight excluding hydrogens is 234 g/mol. The predicted octanol–water partition coefficient (Wildman–Crippen LogP) is 1.55. The molecule has 0 aromatic heterocycles. The fourth-order valence-corrected chi connectivity index (χ4v) is 1.69. The minimum absolute atomic E-state index is 0.164. The van der Waals surface area contributed by atoms with Crippen LogP contribution >= 0.6 is 0 Å². The lowest BCUT2D eigenvalue weighted by Gasteiger charge is -2.32. The smallest absolute Gasteiger partial charge is 0.325 e. The Labute approximate surface area is 105 Å². The van der Waals surface area contributed by atoms with Crippen molar-refractivity contribution in [3.63, 3.8) is 0 Å². The molecule has 0 unspecified atom stereocenters. The molecule has 1 heterocycles. The Hall–Kier alpha value is -2.04. The van der Waals surface area contributed by atoms with Crippen LogP contribution in [0.4, 0.5) is 5.69 Å². The molecule has 0 spiro atoms. The lowest BCUT2D eigenvalue weighted by molar-refractivity contribution is -0.239. The highest BCUT2D eigenvalue weighted by Crippen LogP contribution is 2.23. The van der Waals surface area contributed by atoms with Crippen LogP contribution in [0.3, 0.4) is 0 Å². The van der Waals surface area contributed by atoms with E-state index in [2.05, 4.69) is 5.32 Å². The van der Waals surface area contributed by atoms with E-state index in [-0.39, 0.29) is 6.54 Å². The molecule has 1 aliphatic heterocycles. The highest BCUT2D eigenvalue weighted by atomic mass is 16.7. The number of nitrogens with one attached hydrogen (secondary N) is 1. The van der Waals surface area contributed by atoms with Gasteiger partial charge < -0.3 is 14.8 Å². The van der Waals surface area contributed by atoms with Gasteiger partial charge in [0.1, 0.15) is 0 Å². The van der Waals surface area contributed by atoms with Crippen molar-refractivity contribution in [1.29, 1.82) is 0 Å². The van der Waals surface area contributed by atoms with Gasteiger partial charge in [0.15, 0.2) is 5.92 Å². The number of esters is 2. The molecule has 2 rings (SSSR count). The van der Waals surface area contributed by atoms with Crippen LogP contribution in [0.15, 0.2) is 30.3 Å². The first-order valence-corrected chi connectivity index (χ1v) is 5.72. The summed E-state index contributed by atoms with van der Waals surface area (Å²) in [6, 6.07) is 9.32. The number of hydrogen-bond acceptors (Lipinski definition) is 5. The maximum atomic E-state index is 11.7. The summed E-state index contributed by atoms with van der Waals surface area (Å²) in [5.74, 6) is -3.20. The van der Waals surface area contributed by atoms with E-state index in [1.807, 2.05) is 30.3 Å². The fraction of sp³-hybridized carbons (Fsp3) is 0.385. The summed E-state index contributed by atoms with van der Waals surface area (Å²) in [6.07, 6.45) is 0. The normalized spacial score (nSPS) is 19.0. The third-order valence-electron chi connectivity index (χ3n) is 2.55. The van der Waals surface area contributed by atoms with Crippen LogP contribution < -0.4 is 5.32 Å². The second-order valence-corrected chi connectivity index (χ2v) is 4.54. The minimum atomic E-state index is -1.17. The quantitative estimate of drug-likeness (QED) is 0.650. The molecule has 0 saturated carbocycles. The van der Waals surface area contributed by atoms with E-state index in [1.54, 1.807) is 0 Å². The molecule has 1 fully saturated rings. The average molecular weight is 249 g/mol. The number of rotatable bonds is 3. The van der Waals surface area contributed by atoms with Crippen molar-refractivity contribution in [2.75, 3.05) is 11.9 Å². The van der Waals surface area contributed by atoms with Crippen molar-refractivity contribution in [1.82, 2.24) is 0 Å². The Morgan fingerprint density at radius 1 is 1.11 bits per heavy atom. The number of hydrogen-bond donors (Lipinski definition) is 1. The first kappa shape index (κ1) is 12.4. The molecule has 1 aromatic carbocycles. The maximum Gasteiger partial charge on any atom is 0.325 e. The van der Waals surface area contributed by atoms with Gasteiger partial charge in [-0.15, -0.1) is 0 Å². The summed E-state index contributed by atoms with van der Waals surface area (Å²) >= 11 is 0. The molecule has 1 N–H and O–H groups in total. The Morgan fingerprint density at radius 3 is 2.22 bits per heavy atom. The zero-order valence-electron chi connectivity index (χ0n) is 10.3. The van der Waals surface area contributed by atoms with Gasteiger partial charge in [-0.25, -0.2) is 0 Å². The number of para-hydroxylation sites is 1. The zero-order valence-corrected chi connectivity index (χ0v) is 10.3. The van der Waals surface area contributed by atoms with Gasteiger partial charge in [-0.1, -0.05) is 18.2 Å². The van der Waals surface area contributed by atoms with E-state index in [4.69, 9.17) is 9.47 Å². The van der Waals surface area contributed by atoms with Crippen LogP contribution in [0.25, 0.3) is 0 Å².